The number of hydrogen-bond donors (Lipinski definition) is 2. The van der Waals surface area contributed by atoms with Crippen molar-refractivity contribution in [2.24, 2.45) is 5.92 Å². The lowest BCUT2D eigenvalue weighted by atomic mass is 9.97. The average Bonchev–Trinajstić information content (AvgIpc) is 2.81. The first kappa shape index (κ1) is 13.5. The van der Waals surface area contributed by atoms with E-state index >= 15 is 0 Å². The van der Waals surface area contributed by atoms with E-state index in [0.717, 1.165) is 19.5 Å². The van der Waals surface area contributed by atoms with E-state index < -0.39 is 10.0 Å². The van der Waals surface area contributed by atoms with Gasteiger partial charge in [0, 0.05) is 12.6 Å². The second-order valence-electron chi connectivity index (χ2n) is 4.68. The largest absolute Gasteiger partial charge is 0.316 e. The number of nitrogens with zero attached hydrogens (tertiary/aromatic N) is 2. The smallest absolute Gasteiger partial charge is 0.257 e. The second kappa shape index (κ2) is 5.38. The van der Waals surface area contributed by atoms with E-state index in [1.807, 2.05) is 6.92 Å². The maximum atomic E-state index is 12.3. The first-order valence-electron chi connectivity index (χ1n) is 6.29. The Morgan fingerprint density at radius 2 is 2.39 bits per heavy atom. The second-order valence-corrected chi connectivity index (χ2v) is 6.34. The fourth-order valence-corrected chi connectivity index (χ4v) is 3.80. The van der Waals surface area contributed by atoms with Gasteiger partial charge in [-0.3, -0.25) is 4.68 Å². The standard InChI is InChI=1S/C11H20N4O2S/c1-3-15-11(5-7-13-15)18(16,17)14-10-4-6-12-8-9(10)2/h5,7,9-10,12,14H,3-4,6,8H2,1-2H3. The average molecular weight is 272 g/mol. The van der Waals surface area contributed by atoms with E-state index in [9.17, 15) is 8.42 Å². The van der Waals surface area contributed by atoms with Crippen LogP contribution >= 0.6 is 0 Å². The third-order valence-electron chi connectivity index (χ3n) is 3.34. The highest BCUT2D eigenvalue weighted by Gasteiger charge is 2.28. The lowest BCUT2D eigenvalue weighted by molar-refractivity contribution is 0.327. The molecule has 2 unspecified atom stereocenters. The van der Waals surface area contributed by atoms with Crippen LogP contribution in [0.1, 0.15) is 20.3 Å². The van der Waals surface area contributed by atoms with Crippen LogP contribution in [-0.2, 0) is 16.6 Å². The van der Waals surface area contributed by atoms with Gasteiger partial charge in [-0.15, -0.1) is 0 Å². The van der Waals surface area contributed by atoms with Crippen molar-refractivity contribution in [1.29, 1.82) is 0 Å². The molecule has 0 aromatic carbocycles. The molecule has 0 radical (unpaired) electrons. The van der Waals surface area contributed by atoms with Gasteiger partial charge in [0.15, 0.2) is 5.03 Å². The van der Waals surface area contributed by atoms with E-state index in [1.54, 1.807) is 0 Å². The summed E-state index contributed by atoms with van der Waals surface area (Å²) in [6.45, 7) is 6.17. The van der Waals surface area contributed by atoms with Crippen LogP contribution in [0.2, 0.25) is 0 Å². The summed E-state index contributed by atoms with van der Waals surface area (Å²) in [6.07, 6.45) is 2.34. The summed E-state index contributed by atoms with van der Waals surface area (Å²) in [5.41, 5.74) is 0. The van der Waals surface area contributed by atoms with Gasteiger partial charge in [-0.05, 0) is 38.4 Å². The number of piperidine rings is 1. The quantitative estimate of drug-likeness (QED) is 0.820. The lowest BCUT2D eigenvalue weighted by Gasteiger charge is -2.29. The van der Waals surface area contributed by atoms with E-state index in [2.05, 4.69) is 22.1 Å². The summed E-state index contributed by atoms with van der Waals surface area (Å²) in [4.78, 5) is 0. The molecule has 102 valence electrons. The molecule has 1 aliphatic rings. The first-order chi connectivity index (χ1) is 8.54. The van der Waals surface area contributed by atoms with Crippen molar-refractivity contribution in [2.75, 3.05) is 13.1 Å². The van der Waals surface area contributed by atoms with Gasteiger partial charge in [0.25, 0.3) is 10.0 Å². The highest BCUT2D eigenvalue weighted by Crippen LogP contribution is 2.15. The Morgan fingerprint density at radius 1 is 1.61 bits per heavy atom. The molecule has 0 aliphatic carbocycles. The zero-order valence-corrected chi connectivity index (χ0v) is 11.6. The molecule has 7 heteroatoms. The monoisotopic (exact) mass is 272 g/mol. The minimum Gasteiger partial charge on any atom is -0.316 e. The highest BCUT2D eigenvalue weighted by molar-refractivity contribution is 7.89. The van der Waals surface area contributed by atoms with Gasteiger partial charge >= 0.3 is 0 Å². The summed E-state index contributed by atoms with van der Waals surface area (Å²) >= 11 is 0. The summed E-state index contributed by atoms with van der Waals surface area (Å²) in [5.74, 6) is 0.298. The molecule has 2 N–H and O–H groups in total. The first-order valence-corrected chi connectivity index (χ1v) is 7.77. The summed E-state index contributed by atoms with van der Waals surface area (Å²) in [6, 6.07) is 1.54. The summed E-state index contributed by atoms with van der Waals surface area (Å²) < 4.78 is 28.9. The molecule has 2 heterocycles. The number of aryl methyl sites for hydroxylation is 1. The summed E-state index contributed by atoms with van der Waals surface area (Å²) in [5, 5.41) is 7.50. The van der Waals surface area contributed by atoms with Gasteiger partial charge < -0.3 is 5.32 Å². The van der Waals surface area contributed by atoms with Crippen molar-refractivity contribution < 1.29 is 8.42 Å². The third kappa shape index (κ3) is 2.73. The molecule has 18 heavy (non-hydrogen) atoms. The van der Waals surface area contributed by atoms with E-state index in [0.29, 0.717) is 12.5 Å². The van der Waals surface area contributed by atoms with E-state index in [-0.39, 0.29) is 11.1 Å². The van der Waals surface area contributed by atoms with Crippen LogP contribution in [0.15, 0.2) is 17.3 Å². The molecular weight excluding hydrogens is 252 g/mol. The molecule has 1 aliphatic heterocycles. The van der Waals surface area contributed by atoms with Gasteiger partial charge in [-0.25, -0.2) is 13.1 Å². The van der Waals surface area contributed by atoms with Crippen LogP contribution in [0.5, 0.6) is 0 Å². The highest BCUT2D eigenvalue weighted by atomic mass is 32.2. The lowest BCUT2D eigenvalue weighted by Crippen LogP contribution is -2.48. The van der Waals surface area contributed by atoms with E-state index in [1.165, 1.54) is 16.9 Å². The normalized spacial score (nSPS) is 25.2. The molecular formula is C11H20N4O2S. The van der Waals surface area contributed by atoms with Crippen LogP contribution in [0, 0.1) is 5.92 Å². The molecule has 1 aromatic rings. The number of aromatic nitrogens is 2. The van der Waals surface area contributed by atoms with Gasteiger partial charge in [0.2, 0.25) is 0 Å². The van der Waals surface area contributed by atoms with Crippen LogP contribution in [0.25, 0.3) is 0 Å². The van der Waals surface area contributed by atoms with Crippen molar-refractivity contribution in [3.8, 4) is 0 Å². The van der Waals surface area contributed by atoms with Gasteiger partial charge in [-0.1, -0.05) is 6.92 Å². The molecule has 0 amide bonds. The van der Waals surface area contributed by atoms with Gasteiger partial charge in [0.05, 0.1) is 6.20 Å². The Labute approximate surface area is 108 Å². The number of nitrogens with one attached hydrogen (secondary N) is 2. The molecule has 2 atom stereocenters. The zero-order chi connectivity index (χ0) is 13.2. The molecule has 6 nitrogen and oxygen atoms in total. The third-order valence-corrected chi connectivity index (χ3v) is 4.85. The Kier molecular flexibility index (Phi) is 4.04. The predicted octanol–water partition coefficient (Wildman–Crippen LogP) is 0.179. The Bertz CT molecular complexity index is 497. The maximum absolute atomic E-state index is 12.3. The molecule has 1 fully saturated rings. The van der Waals surface area contributed by atoms with Gasteiger partial charge in [-0.2, -0.15) is 5.10 Å². The topological polar surface area (TPSA) is 76.0 Å². The van der Waals surface area contributed by atoms with Crippen LogP contribution in [0.3, 0.4) is 0 Å². The molecule has 2 rings (SSSR count). The zero-order valence-electron chi connectivity index (χ0n) is 10.8. The van der Waals surface area contributed by atoms with Crippen molar-refractivity contribution in [3.63, 3.8) is 0 Å². The van der Waals surface area contributed by atoms with Crippen molar-refractivity contribution in [1.82, 2.24) is 19.8 Å². The SMILES string of the molecule is CCn1nccc1S(=O)(=O)NC1CCNCC1C. The van der Waals surface area contributed by atoms with Gasteiger partial charge in [0.1, 0.15) is 0 Å². The van der Waals surface area contributed by atoms with Crippen LogP contribution in [0.4, 0.5) is 0 Å². The fourth-order valence-electron chi connectivity index (χ4n) is 2.24. The number of rotatable bonds is 4. The van der Waals surface area contributed by atoms with Crippen molar-refractivity contribution in [3.05, 3.63) is 12.3 Å². The van der Waals surface area contributed by atoms with Crippen LogP contribution < -0.4 is 10.0 Å². The number of sulfonamides is 1. The Morgan fingerprint density at radius 3 is 3.06 bits per heavy atom. The molecule has 0 bridgehead atoms. The molecule has 0 saturated carbocycles. The predicted molar refractivity (Wildman–Crippen MR) is 68.7 cm³/mol. The molecule has 1 aromatic heterocycles. The van der Waals surface area contributed by atoms with E-state index in [4.69, 9.17) is 0 Å². The Hall–Kier alpha value is -0.920. The molecule has 0 spiro atoms. The fraction of sp³-hybridized carbons (Fsp3) is 0.727. The Balaban J connectivity index is 2.16. The maximum Gasteiger partial charge on any atom is 0.257 e. The minimum atomic E-state index is -3.47. The molecule has 1 saturated heterocycles. The van der Waals surface area contributed by atoms with Crippen molar-refractivity contribution in [2.45, 2.75) is 37.9 Å². The van der Waals surface area contributed by atoms with Crippen molar-refractivity contribution >= 4 is 10.0 Å². The number of hydrogen-bond acceptors (Lipinski definition) is 4. The summed E-state index contributed by atoms with van der Waals surface area (Å²) in [7, 11) is -3.47. The minimum absolute atomic E-state index is 0.00328. The van der Waals surface area contributed by atoms with Crippen LogP contribution in [-0.4, -0.2) is 37.3 Å².